The first-order chi connectivity index (χ1) is 15.1. The van der Waals surface area contributed by atoms with Crippen LogP contribution in [0.1, 0.15) is 41.6 Å². The summed E-state index contributed by atoms with van der Waals surface area (Å²) in [5.41, 5.74) is 5.85. The maximum absolute atomic E-state index is 12.6. The summed E-state index contributed by atoms with van der Waals surface area (Å²) in [5, 5.41) is 16.0. The Bertz CT molecular complexity index is 1250. The molecule has 2 aromatic carbocycles. The quantitative estimate of drug-likeness (QED) is 0.548. The number of aryl methyl sites for hydroxylation is 2. The molecule has 0 radical (unpaired) electrons. The first-order valence-corrected chi connectivity index (χ1v) is 10.4. The molecular weight excluding hydrogens is 388 g/mol. The van der Waals surface area contributed by atoms with Crippen molar-refractivity contribution in [1.29, 1.82) is 0 Å². The molecule has 2 aromatic heterocycles. The number of aromatic nitrogens is 5. The van der Waals surface area contributed by atoms with Gasteiger partial charge in [-0.15, -0.1) is 5.10 Å². The first-order valence-electron chi connectivity index (χ1n) is 10.4. The number of hydrogen-bond donors (Lipinski definition) is 1. The van der Waals surface area contributed by atoms with Gasteiger partial charge >= 0.3 is 0 Å². The Morgan fingerprint density at radius 1 is 1.10 bits per heavy atom. The van der Waals surface area contributed by atoms with Gasteiger partial charge < -0.3 is 5.32 Å². The van der Waals surface area contributed by atoms with E-state index in [4.69, 9.17) is 0 Å². The summed E-state index contributed by atoms with van der Waals surface area (Å²) in [5.74, 6) is 0.831. The van der Waals surface area contributed by atoms with Crippen molar-refractivity contribution < 1.29 is 4.79 Å². The summed E-state index contributed by atoms with van der Waals surface area (Å²) >= 11 is 0. The number of carbonyl (C=O) groups excluding carboxylic acids is 1. The van der Waals surface area contributed by atoms with Gasteiger partial charge in [0.1, 0.15) is 5.82 Å². The van der Waals surface area contributed by atoms with Gasteiger partial charge in [0, 0.05) is 23.5 Å². The van der Waals surface area contributed by atoms with Crippen LogP contribution in [0.25, 0.3) is 17.2 Å². The molecule has 3 heterocycles. The second-order valence-corrected chi connectivity index (χ2v) is 7.67. The summed E-state index contributed by atoms with van der Waals surface area (Å²) in [6, 6.07) is 18.2. The van der Waals surface area contributed by atoms with E-state index in [2.05, 4.69) is 56.8 Å². The Labute approximate surface area is 180 Å². The number of rotatable bonds is 4. The maximum Gasteiger partial charge on any atom is 0.272 e. The molecule has 0 aliphatic carbocycles. The monoisotopic (exact) mass is 410 g/mol. The van der Waals surface area contributed by atoms with Crippen LogP contribution in [0.4, 0.5) is 5.82 Å². The van der Waals surface area contributed by atoms with Crippen molar-refractivity contribution in [3.8, 4) is 17.2 Å². The largest absolute Gasteiger partial charge is 0.310 e. The Balaban J connectivity index is 1.60. The van der Waals surface area contributed by atoms with Gasteiger partial charge in [0.15, 0.2) is 0 Å². The summed E-state index contributed by atoms with van der Waals surface area (Å²) in [4.78, 5) is 17.3. The molecule has 1 aliphatic rings. The van der Waals surface area contributed by atoms with Crippen molar-refractivity contribution in [2.75, 3.05) is 5.32 Å². The van der Waals surface area contributed by atoms with Gasteiger partial charge in [-0.05, 0) is 24.5 Å². The van der Waals surface area contributed by atoms with Crippen LogP contribution in [-0.2, 0) is 11.2 Å². The fourth-order valence-electron chi connectivity index (χ4n) is 4.09. The number of anilines is 1. The molecule has 31 heavy (non-hydrogen) atoms. The van der Waals surface area contributed by atoms with E-state index in [0.29, 0.717) is 23.9 Å². The number of fused-ring (bicyclic) bond motifs is 1. The van der Waals surface area contributed by atoms with E-state index in [1.54, 1.807) is 10.9 Å². The van der Waals surface area contributed by atoms with E-state index in [9.17, 15) is 4.79 Å². The standard InChI is InChI=1S/C24H22N6O/c1-3-16-9-11-17(12-10-16)19-13-21(31)27-23-22(19)15(2)29-30(23)24-26-20(14-25-28-24)18-7-5-4-6-8-18/h4-12,14,19H,3,13H2,1-2H3,(H,27,31)/t19-/m1/s1. The Kier molecular flexibility index (Phi) is 4.78. The van der Waals surface area contributed by atoms with Gasteiger partial charge in [0.2, 0.25) is 5.91 Å². The topological polar surface area (TPSA) is 85.6 Å². The predicted octanol–water partition coefficient (Wildman–Crippen LogP) is 4.07. The smallest absolute Gasteiger partial charge is 0.272 e. The highest BCUT2D eigenvalue weighted by molar-refractivity contribution is 5.95. The molecule has 1 atom stereocenters. The van der Waals surface area contributed by atoms with E-state index in [1.165, 1.54) is 5.56 Å². The summed E-state index contributed by atoms with van der Waals surface area (Å²) in [6.45, 7) is 4.08. The Hall–Kier alpha value is -3.87. The molecule has 1 aliphatic heterocycles. The second kappa shape index (κ2) is 7.75. The molecule has 4 aromatic rings. The van der Waals surface area contributed by atoms with E-state index in [1.807, 2.05) is 37.3 Å². The molecule has 0 bridgehead atoms. The summed E-state index contributed by atoms with van der Waals surface area (Å²) in [6.07, 6.45) is 2.99. The minimum Gasteiger partial charge on any atom is -0.310 e. The molecule has 1 N–H and O–H groups in total. The number of benzene rings is 2. The normalized spacial score (nSPS) is 15.4. The van der Waals surface area contributed by atoms with Gasteiger partial charge in [0.25, 0.3) is 5.95 Å². The first kappa shape index (κ1) is 19.1. The van der Waals surface area contributed by atoms with Crippen molar-refractivity contribution in [3.05, 3.63) is 83.2 Å². The fourth-order valence-corrected chi connectivity index (χ4v) is 4.09. The van der Waals surface area contributed by atoms with Crippen LogP contribution in [0.2, 0.25) is 0 Å². The Morgan fingerprint density at radius 2 is 1.87 bits per heavy atom. The van der Waals surface area contributed by atoms with Crippen molar-refractivity contribution in [3.63, 3.8) is 0 Å². The molecule has 0 saturated heterocycles. The highest BCUT2D eigenvalue weighted by atomic mass is 16.1. The zero-order valence-corrected chi connectivity index (χ0v) is 17.4. The number of hydrogen-bond acceptors (Lipinski definition) is 5. The minimum atomic E-state index is -0.0614. The van der Waals surface area contributed by atoms with Gasteiger partial charge in [-0.2, -0.15) is 14.9 Å². The van der Waals surface area contributed by atoms with Crippen LogP contribution in [0, 0.1) is 6.92 Å². The van der Waals surface area contributed by atoms with Crippen molar-refractivity contribution >= 4 is 11.7 Å². The molecule has 0 unspecified atom stereocenters. The van der Waals surface area contributed by atoms with Crippen molar-refractivity contribution in [2.45, 2.75) is 32.6 Å². The average Bonchev–Trinajstić information content (AvgIpc) is 3.15. The lowest BCUT2D eigenvalue weighted by Gasteiger charge is -2.24. The summed E-state index contributed by atoms with van der Waals surface area (Å²) in [7, 11) is 0. The number of amides is 1. The van der Waals surface area contributed by atoms with Crippen LogP contribution < -0.4 is 5.32 Å². The van der Waals surface area contributed by atoms with Crippen LogP contribution >= 0.6 is 0 Å². The molecule has 0 spiro atoms. The molecule has 0 fully saturated rings. The number of nitrogens with zero attached hydrogens (tertiary/aromatic N) is 5. The SMILES string of the molecule is CCc1ccc([C@H]2CC(=O)Nc3c2c(C)nn3-c2nncc(-c3ccccc3)n2)cc1. The summed E-state index contributed by atoms with van der Waals surface area (Å²) < 4.78 is 1.59. The third-order valence-corrected chi connectivity index (χ3v) is 5.70. The molecule has 7 heteroatoms. The lowest BCUT2D eigenvalue weighted by molar-refractivity contribution is -0.116. The molecule has 154 valence electrons. The molecule has 5 rings (SSSR count). The number of nitrogens with one attached hydrogen (secondary N) is 1. The van der Waals surface area contributed by atoms with Crippen LogP contribution in [0.15, 0.2) is 60.8 Å². The zero-order valence-electron chi connectivity index (χ0n) is 17.4. The molecule has 7 nitrogen and oxygen atoms in total. The van der Waals surface area contributed by atoms with E-state index in [0.717, 1.165) is 28.8 Å². The maximum atomic E-state index is 12.6. The predicted molar refractivity (Wildman–Crippen MR) is 118 cm³/mol. The number of carbonyl (C=O) groups is 1. The molecular formula is C24H22N6O. The third kappa shape index (κ3) is 3.48. The molecule has 0 saturated carbocycles. The lowest BCUT2D eigenvalue weighted by atomic mass is 9.85. The highest BCUT2D eigenvalue weighted by Crippen LogP contribution is 2.40. The van der Waals surface area contributed by atoms with E-state index in [-0.39, 0.29) is 11.8 Å². The van der Waals surface area contributed by atoms with Crippen LogP contribution in [-0.4, -0.2) is 30.9 Å². The third-order valence-electron chi connectivity index (χ3n) is 5.70. The van der Waals surface area contributed by atoms with Crippen molar-refractivity contribution in [2.24, 2.45) is 0 Å². The van der Waals surface area contributed by atoms with Gasteiger partial charge in [-0.25, -0.2) is 4.98 Å². The highest BCUT2D eigenvalue weighted by Gasteiger charge is 2.33. The van der Waals surface area contributed by atoms with Gasteiger partial charge in [-0.3, -0.25) is 4.79 Å². The molecule has 1 amide bonds. The van der Waals surface area contributed by atoms with E-state index < -0.39 is 0 Å². The van der Waals surface area contributed by atoms with Crippen LogP contribution in [0.3, 0.4) is 0 Å². The minimum absolute atomic E-state index is 0.0506. The lowest BCUT2D eigenvalue weighted by Crippen LogP contribution is -2.25. The van der Waals surface area contributed by atoms with Gasteiger partial charge in [0.05, 0.1) is 17.6 Å². The van der Waals surface area contributed by atoms with Crippen LogP contribution in [0.5, 0.6) is 0 Å². The zero-order chi connectivity index (χ0) is 21.4. The van der Waals surface area contributed by atoms with Crippen molar-refractivity contribution in [1.82, 2.24) is 25.0 Å². The van der Waals surface area contributed by atoms with Gasteiger partial charge in [-0.1, -0.05) is 61.5 Å². The Morgan fingerprint density at radius 3 is 2.61 bits per heavy atom. The fraction of sp³-hybridized carbons (Fsp3) is 0.208. The van der Waals surface area contributed by atoms with E-state index >= 15 is 0 Å². The second-order valence-electron chi connectivity index (χ2n) is 7.67. The average molecular weight is 410 g/mol.